The molecule has 2 heterocycles. The van der Waals surface area contributed by atoms with Gasteiger partial charge in [0, 0.05) is 13.1 Å². The number of rotatable bonds is 6. The van der Waals surface area contributed by atoms with E-state index < -0.39 is 11.6 Å². The molecule has 0 atom stereocenters. The van der Waals surface area contributed by atoms with Crippen LogP contribution in [-0.2, 0) is 12.8 Å². The Hall–Kier alpha value is -2.28. The Morgan fingerprint density at radius 3 is 2.37 bits per heavy atom. The fraction of sp³-hybridized carbons (Fsp3) is 0.435. The number of piperidine rings is 1. The summed E-state index contributed by atoms with van der Waals surface area (Å²) < 4.78 is 49.7. The molecular formula is C23H25F3N2OS. The van der Waals surface area contributed by atoms with Crippen LogP contribution in [0.4, 0.5) is 18.9 Å². The van der Waals surface area contributed by atoms with Gasteiger partial charge in [-0.1, -0.05) is 13.8 Å². The zero-order valence-electron chi connectivity index (χ0n) is 17.2. The quantitative estimate of drug-likeness (QED) is 0.466. The highest BCUT2D eigenvalue weighted by atomic mass is 32.1. The fourth-order valence-corrected chi connectivity index (χ4v) is 4.90. The van der Waals surface area contributed by atoms with Crippen molar-refractivity contribution in [2.24, 2.45) is 5.92 Å². The molecule has 1 fully saturated rings. The predicted octanol–water partition coefficient (Wildman–Crippen LogP) is 6.13. The maximum Gasteiger partial charge on any atom is 0.150 e. The molecule has 0 unspecified atom stereocenters. The van der Waals surface area contributed by atoms with E-state index in [2.05, 4.69) is 4.98 Å². The van der Waals surface area contributed by atoms with Gasteiger partial charge in [0.1, 0.15) is 28.6 Å². The number of anilines is 1. The molecular weight excluding hydrogens is 409 g/mol. The zero-order chi connectivity index (χ0) is 21.3. The number of aromatic nitrogens is 1. The second kappa shape index (κ2) is 8.84. The SMILES string of the molecule is CCc1cc(F)c(N2CCC(COc3ccc(F)c4nc(CC)sc34)CC2)c(F)c1. The van der Waals surface area contributed by atoms with Gasteiger partial charge in [-0.05, 0) is 61.4 Å². The van der Waals surface area contributed by atoms with Crippen LogP contribution in [0.15, 0.2) is 24.3 Å². The highest BCUT2D eigenvalue weighted by Crippen LogP contribution is 2.34. The van der Waals surface area contributed by atoms with Gasteiger partial charge < -0.3 is 9.64 Å². The van der Waals surface area contributed by atoms with E-state index in [1.807, 2.05) is 13.8 Å². The summed E-state index contributed by atoms with van der Waals surface area (Å²) in [6.45, 7) is 5.52. The predicted molar refractivity (Wildman–Crippen MR) is 115 cm³/mol. The Kier molecular flexibility index (Phi) is 6.18. The summed E-state index contributed by atoms with van der Waals surface area (Å²) in [5, 5.41) is 0.881. The third kappa shape index (κ3) is 4.13. The molecule has 30 heavy (non-hydrogen) atoms. The highest BCUT2D eigenvalue weighted by molar-refractivity contribution is 7.19. The van der Waals surface area contributed by atoms with Crippen LogP contribution in [0.2, 0.25) is 0 Å². The van der Waals surface area contributed by atoms with Crippen molar-refractivity contribution >= 4 is 27.2 Å². The minimum atomic E-state index is -0.493. The Labute approximate surface area is 178 Å². The van der Waals surface area contributed by atoms with Crippen LogP contribution in [0.3, 0.4) is 0 Å². The second-order valence-electron chi connectivity index (χ2n) is 7.69. The summed E-state index contributed by atoms with van der Waals surface area (Å²) in [4.78, 5) is 6.13. The average Bonchev–Trinajstić information content (AvgIpc) is 3.19. The molecule has 2 aromatic carbocycles. The molecule has 0 amide bonds. The van der Waals surface area contributed by atoms with Gasteiger partial charge in [0.2, 0.25) is 0 Å². The molecule has 1 aliphatic heterocycles. The second-order valence-corrected chi connectivity index (χ2v) is 8.77. The molecule has 0 saturated carbocycles. The van der Waals surface area contributed by atoms with Crippen molar-refractivity contribution < 1.29 is 17.9 Å². The number of hydrogen-bond acceptors (Lipinski definition) is 4. The molecule has 0 radical (unpaired) electrons. The summed E-state index contributed by atoms with van der Waals surface area (Å²) in [6.07, 6.45) is 2.91. The lowest BCUT2D eigenvalue weighted by atomic mass is 9.97. The van der Waals surface area contributed by atoms with Gasteiger partial charge in [-0.15, -0.1) is 11.3 Å². The minimum Gasteiger partial charge on any atom is -0.492 e. The third-order valence-corrected chi connectivity index (χ3v) is 6.91. The Bertz CT molecular complexity index is 1020. The normalized spacial score (nSPS) is 15.2. The number of aryl methyl sites for hydroxylation is 2. The number of benzene rings is 2. The van der Waals surface area contributed by atoms with Gasteiger partial charge in [0.15, 0.2) is 5.82 Å². The first-order chi connectivity index (χ1) is 14.5. The van der Waals surface area contributed by atoms with E-state index in [4.69, 9.17) is 4.74 Å². The van der Waals surface area contributed by atoms with E-state index in [-0.39, 0.29) is 17.4 Å². The number of ether oxygens (including phenoxy) is 1. The molecule has 3 nitrogen and oxygen atoms in total. The fourth-order valence-electron chi connectivity index (χ4n) is 3.92. The number of halogens is 3. The van der Waals surface area contributed by atoms with Crippen molar-refractivity contribution in [3.63, 3.8) is 0 Å². The first-order valence-electron chi connectivity index (χ1n) is 10.4. The molecule has 1 aliphatic rings. The summed E-state index contributed by atoms with van der Waals surface area (Å²) in [5.41, 5.74) is 1.10. The zero-order valence-corrected chi connectivity index (χ0v) is 18.0. The molecule has 4 rings (SSSR count). The summed E-state index contributed by atoms with van der Waals surface area (Å²) in [6, 6.07) is 5.90. The van der Waals surface area contributed by atoms with Gasteiger partial charge in [-0.3, -0.25) is 0 Å². The van der Waals surface area contributed by atoms with Crippen molar-refractivity contribution in [1.29, 1.82) is 0 Å². The van der Waals surface area contributed by atoms with E-state index in [0.717, 1.165) is 29.0 Å². The number of fused-ring (bicyclic) bond motifs is 1. The lowest BCUT2D eigenvalue weighted by molar-refractivity contribution is 0.224. The molecule has 1 saturated heterocycles. The van der Waals surface area contributed by atoms with Crippen LogP contribution in [0.5, 0.6) is 5.75 Å². The number of hydrogen-bond donors (Lipinski definition) is 0. The lowest BCUT2D eigenvalue weighted by Crippen LogP contribution is -2.36. The third-order valence-electron chi connectivity index (χ3n) is 5.70. The topological polar surface area (TPSA) is 25.4 Å². The molecule has 3 aromatic rings. The van der Waals surface area contributed by atoms with Crippen LogP contribution in [0.25, 0.3) is 10.2 Å². The minimum absolute atomic E-state index is 0.0727. The molecule has 7 heteroatoms. The smallest absolute Gasteiger partial charge is 0.150 e. The molecule has 0 bridgehead atoms. The van der Waals surface area contributed by atoms with Gasteiger partial charge in [0.05, 0.1) is 16.3 Å². The van der Waals surface area contributed by atoms with Gasteiger partial charge in [-0.25, -0.2) is 18.2 Å². The summed E-state index contributed by atoms with van der Waals surface area (Å²) in [7, 11) is 0. The molecule has 1 aromatic heterocycles. The van der Waals surface area contributed by atoms with E-state index in [1.54, 1.807) is 11.0 Å². The highest BCUT2D eigenvalue weighted by Gasteiger charge is 2.25. The first-order valence-corrected chi connectivity index (χ1v) is 11.2. The maximum atomic E-state index is 14.4. The van der Waals surface area contributed by atoms with Crippen LogP contribution < -0.4 is 9.64 Å². The monoisotopic (exact) mass is 434 g/mol. The first kappa shape index (κ1) is 21.0. The number of thiazole rings is 1. The van der Waals surface area contributed by atoms with Crippen LogP contribution in [0.1, 0.15) is 37.3 Å². The Morgan fingerprint density at radius 1 is 1.03 bits per heavy atom. The Morgan fingerprint density at radius 2 is 1.73 bits per heavy atom. The van der Waals surface area contributed by atoms with Crippen molar-refractivity contribution in [2.75, 3.05) is 24.6 Å². The maximum absolute atomic E-state index is 14.4. The summed E-state index contributed by atoms with van der Waals surface area (Å²) >= 11 is 1.46. The van der Waals surface area contributed by atoms with E-state index in [1.165, 1.54) is 29.5 Å². The molecule has 160 valence electrons. The van der Waals surface area contributed by atoms with Crippen LogP contribution in [0, 0.1) is 23.4 Å². The van der Waals surface area contributed by atoms with E-state index in [0.29, 0.717) is 42.9 Å². The van der Waals surface area contributed by atoms with Crippen molar-refractivity contribution in [3.05, 3.63) is 52.3 Å². The number of nitrogens with zero attached hydrogens (tertiary/aromatic N) is 2. The van der Waals surface area contributed by atoms with Crippen LogP contribution >= 0.6 is 11.3 Å². The van der Waals surface area contributed by atoms with E-state index in [9.17, 15) is 13.2 Å². The van der Waals surface area contributed by atoms with E-state index >= 15 is 0 Å². The largest absolute Gasteiger partial charge is 0.492 e. The van der Waals surface area contributed by atoms with Crippen molar-refractivity contribution in [3.8, 4) is 5.75 Å². The molecule has 0 N–H and O–H groups in total. The van der Waals surface area contributed by atoms with Crippen LogP contribution in [-0.4, -0.2) is 24.7 Å². The van der Waals surface area contributed by atoms with Gasteiger partial charge >= 0.3 is 0 Å². The Balaban J connectivity index is 1.40. The summed E-state index contributed by atoms with van der Waals surface area (Å²) in [5.74, 6) is -0.390. The van der Waals surface area contributed by atoms with Crippen molar-refractivity contribution in [2.45, 2.75) is 39.5 Å². The standard InChI is InChI=1S/C23H25F3N2OS/c1-3-14-11-17(25)22(18(26)12-14)28-9-7-15(8-10-28)13-29-19-6-5-16(24)21-23(19)30-20(4-2)27-21/h5-6,11-12,15H,3-4,7-10,13H2,1-2H3. The molecule has 0 spiro atoms. The van der Waals surface area contributed by atoms with Gasteiger partial charge in [0.25, 0.3) is 0 Å². The average molecular weight is 435 g/mol. The van der Waals surface area contributed by atoms with Crippen molar-refractivity contribution in [1.82, 2.24) is 4.98 Å². The lowest BCUT2D eigenvalue weighted by Gasteiger charge is -2.34. The van der Waals surface area contributed by atoms with Gasteiger partial charge in [-0.2, -0.15) is 0 Å². The molecule has 0 aliphatic carbocycles.